The van der Waals surface area contributed by atoms with Crippen molar-refractivity contribution in [3.05, 3.63) is 23.8 Å². The van der Waals surface area contributed by atoms with Crippen molar-refractivity contribution < 1.29 is 9.53 Å². The first kappa shape index (κ1) is 14.2. The van der Waals surface area contributed by atoms with Gasteiger partial charge in [0.05, 0.1) is 11.3 Å². The standard InChI is InChI=1S/C14H18N2O2/c1-6-7-12(14(3,4)5)18-13(17)11-8-15-9-16-10(11)2/h1,8-9,12H,7H2,2-5H3/t12-/m1/s1. The van der Waals surface area contributed by atoms with Crippen LogP contribution in [0.1, 0.15) is 43.2 Å². The first-order valence-corrected chi connectivity index (χ1v) is 5.77. The Hall–Kier alpha value is -1.89. The summed E-state index contributed by atoms with van der Waals surface area (Å²) in [5, 5.41) is 0. The Morgan fingerprint density at radius 3 is 2.72 bits per heavy atom. The summed E-state index contributed by atoms with van der Waals surface area (Å²) in [6, 6.07) is 0. The Morgan fingerprint density at radius 1 is 1.56 bits per heavy atom. The quantitative estimate of drug-likeness (QED) is 0.607. The number of rotatable bonds is 3. The van der Waals surface area contributed by atoms with Crippen molar-refractivity contribution in [2.45, 2.75) is 40.2 Å². The Kier molecular flexibility index (Phi) is 4.43. The molecule has 1 atom stereocenters. The summed E-state index contributed by atoms with van der Waals surface area (Å²) in [6.07, 6.45) is 8.23. The van der Waals surface area contributed by atoms with Gasteiger partial charge in [-0.1, -0.05) is 20.8 Å². The van der Waals surface area contributed by atoms with Crippen LogP contribution < -0.4 is 0 Å². The summed E-state index contributed by atoms with van der Waals surface area (Å²) in [5.74, 6) is 2.11. The maximum atomic E-state index is 12.0. The molecule has 18 heavy (non-hydrogen) atoms. The molecule has 0 saturated carbocycles. The Labute approximate surface area is 108 Å². The molecule has 4 nitrogen and oxygen atoms in total. The topological polar surface area (TPSA) is 52.1 Å². The van der Waals surface area contributed by atoms with Crippen LogP contribution in [0.3, 0.4) is 0 Å². The predicted molar refractivity (Wildman–Crippen MR) is 68.9 cm³/mol. The first-order valence-electron chi connectivity index (χ1n) is 5.77. The maximum absolute atomic E-state index is 12.0. The van der Waals surface area contributed by atoms with Gasteiger partial charge in [0.1, 0.15) is 12.4 Å². The second kappa shape index (κ2) is 5.63. The highest BCUT2D eigenvalue weighted by atomic mass is 16.5. The van der Waals surface area contributed by atoms with E-state index in [2.05, 4.69) is 15.9 Å². The number of carbonyl (C=O) groups excluding carboxylic acids is 1. The van der Waals surface area contributed by atoms with Crippen LogP contribution in [0.25, 0.3) is 0 Å². The number of aromatic nitrogens is 2. The summed E-state index contributed by atoms with van der Waals surface area (Å²) in [7, 11) is 0. The van der Waals surface area contributed by atoms with E-state index in [9.17, 15) is 4.79 Å². The Morgan fingerprint density at radius 2 is 2.22 bits per heavy atom. The highest BCUT2D eigenvalue weighted by molar-refractivity contribution is 5.90. The lowest BCUT2D eigenvalue weighted by Crippen LogP contribution is -2.31. The fourth-order valence-electron chi connectivity index (χ4n) is 1.42. The molecule has 1 heterocycles. The van der Waals surface area contributed by atoms with Crippen molar-refractivity contribution in [2.75, 3.05) is 0 Å². The van der Waals surface area contributed by atoms with E-state index in [1.54, 1.807) is 6.92 Å². The molecule has 4 heteroatoms. The summed E-state index contributed by atoms with van der Waals surface area (Å²) in [5.41, 5.74) is 0.776. The van der Waals surface area contributed by atoms with Gasteiger partial charge >= 0.3 is 5.97 Å². The minimum Gasteiger partial charge on any atom is -0.457 e. The van der Waals surface area contributed by atoms with E-state index >= 15 is 0 Å². The predicted octanol–water partition coefficient (Wildman–Crippen LogP) is 2.38. The number of ether oxygens (including phenoxy) is 1. The normalized spacial score (nSPS) is 12.6. The first-order chi connectivity index (χ1) is 8.36. The molecule has 0 radical (unpaired) electrons. The molecule has 1 rings (SSSR count). The summed E-state index contributed by atoms with van der Waals surface area (Å²) < 4.78 is 5.46. The number of carbonyl (C=O) groups is 1. The zero-order valence-electron chi connectivity index (χ0n) is 11.2. The molecule has 0 aromatic carbocycles. The zero-order chi connectivity index (χ0) is 13.8. The van der Waals surface area contributed by atoms with Gasteiger partial charge in [0.2, 0.25) is 0 Å². The number of terminal acetylenes is 1. The molecule has 1 aromatic heterocycles. The highest BCUT2D eigenvalue weighted by Crippen LogP contribution is 2.25. The van der Waals surface area contributed by atoms with Crippen LogP contribution in [0.2, 0.25) is 0 Å². The number of hydrogen-bond donors (Lipinski definition) is 0. The summed E-state index contributed by atoms with van der Waals surface area (Å²) in [4.78, 5) is 19.8. The van der Waals surface area contributed by atoms with Gasteiger partial charge in [-0.15, -0.1) is 12.3 Å². The van der Waals surface area contributed by atoms with Gasteiger partial charge < -0.3 is 4.74 Å². The summed E-state index contributed by atoms with van der Waals surface area (Å²) >= 11 is 0. The van der Waals surface area contributed by atoms with Crippen LogP contribution in [0.4, 0.5) is 0 Å². The smallest absolute Gasteiger partial charge is 0.341 e. The van der Waals surface area contributed by atoms with E-state index in [1.165, 1.54) is 12.5 Å². The lowest BCUT2D eigenvalue weighted by molar-refractivity contribution is -0.000710. The molecule has 0 aliphatic rings. The van der Waals surface area contributed by atoms with Gasteiger partial charge in [-0.05, 0) is 12.3 Å². The van der Waals surface area contributed by atoms with Gasteiger partial charge in [0.15, 0.2) is 0 Å². The van der Waals surface area contributed by atoms with Crippen molar-refractivity contribution in [1.82, 2.24) is 9.97 Å². The molecule has 0 fully saturated rings. The van der Waals surface area contributed by atoms with Crippen molar-refractivity contribution in [3.8, 4) is 12.3 Å². The zero-order valence-corrected chi connectivity index (χ0v) is 11.2. The van der Waals surface area contributed by atoms with Crippen LogP contribution in [0.15, 0.2) is 12.5 Å². The van der Waals surface area contributed by atoms with E-state index < -0.39 is 5.97 Å². The largest absolute Gasteiger partial charge is 0.457 e. The molecular weight excluding hydrogens is 228 g/mol. The molecule has 0 spiro atoms. The highest BCUT2D eigenvalue weighted by Gasteiger charge is 2.28. The van der Waals surface area contributed by atoms with Crippen LogP contribution in [0.5, 0.6) is 0 Å². The van der Waals surface area contributed by atoms with Crippen molar-refractivity contribution in [3.63, 3.8) is 0 Å². The monoisotopic (exact) mass is 246 g/mol. The third kappa shape index (κ3) is 3.56. The van der Waals surface area contributed by atoms with Gasteiger partial charge in [-0.25, -0.2) is 14.8 Å². The SMILES string of the molecule is C#CC[C@@H](OC(=O)c1cncnc1C)C(C)(C)C. The van der Waals surface area contributed by atoms with Gasteiger partial charge in [-0.2, -0.15) is 0 Å². The third-order valence-electron chi connectivity index (χ3n) is 2.65. The Balaban J connectivity index is 2.87. The maximum Gasteiger partial charge on any atom is 0.341 e. The second-order valence-corrected chi connectivity index (χ2v) is 5.19. The molecule has 0 saturated heterocycles. The van der Waals surface area contributed by atoms with E-state index in [0.717, 1.165) is 0 Å². The number of aryl methyl sites for hydroxylation is 1. The molecule has 1 aromatic rings. The second-order valence-electron chi connectivity index (χ2n) is 5.19. The minimum atomic E-state index is -0.428. The molecule has 0 N–H and O–H groups in total. The number of nitrogens with zero attached hydrogens (tertiary/aromatic N) is 2. The third-order valence-corrected chi connectivity index (χ3v) is 2.65. The van der Waals surface area contributed by atoms with Gasteiger partial charge in [0, 0.05) is 12.6 Å². The molecule has 0 bridgehead atoms. The van der Waals surface area contributed by atoms with Crippen molar-refractivity contribution >= 4 is 5.97 Å². The molecule has 0 aliphatic carbocycles. The average Bonchev–Trinajstić information content (AvgIpc) is 2.27. The van der Waals surface area contributed by atoms with E-state index in [-0.39, 0.29) is 11.5 Å². The lowest BCUT2D eigenvalue weighted by Gasteiger charge is -2.28. The van der Waals surface area contributed by atoms with E-state index in [0.29, 0.717) is 17.7 Å². The van der Waals surface area contributed by atoms with E-state index in [1.807, 2.05) is 20.8 Å². The van der Waals surface area contributed by atoms with Crippen molar-refractivity contribution in [1.29, 1.82) is 0 Å². The molecule has 0 aliphatic heterocycles. The number of hydrogen-bond acceptors (Lipinski definition) is 4. The summed E-state index contributed by atoms with van der Waals surface area (Å²) in [6.45, 7) is 7.69. The molecular formula is C14H18N2O2. The molecule has 0 amide bonds. The van der Waals surface area contributed by atoms with Crippen LogP contribution in [-0.2, 0) is 4.74 Å². The molecule has 0 unspecified atom stereocenters. The fraction of sp³-hybridized carbons (Fsp3) is 0.500. The number of esters is 1. The van der Waals surface area contributed by atoms with Crippen LogP contribution in [-0.4, -0.2) is 22.0 Å². The molecule has 96 valence electrons. The minimum absolute atomic E-state index is 0.203. The van der Waals surface area contributed by atoms with Crippen molar-refractivity contribution in [2.24, 2.45) is 5.41 Å². The average molecular weight is 246 g/mol. The fourth-order valence-corrected chi connectivity index (χ4v) is 1.42. The van der Waals surface area contributed by atoms with Crippen LogP contribution in [0, 0.1) is 24.7 Å². The lowest BCUT2D eigenvalue weighted by atomic mass is 9.87. The Bertz CT molecular complexity index is 469. The van der Waals surface area contributed by atoms with E-state index in [4.69, 9.17) is 11.2 Å². The van der Waals surface area contributed by atoms with Gasteiger partial charge in [-0.3, -0.25) is 0 Å². The van der Waals surface area contributed by atoms with Crippen LogP contribution >= 0.6 is 0 Å². The van der Waals surface area contributed by atoms with Gasteiger partial charge in [0.25, 0.3) is 0 Å².